The molecule has 5 amide bonds. The van der Waals surface area contributed by atoms with Crippen LogP contribution in [0.1, 0.15) is 74.9 Å². The second kappa shape index (κ2) is 13.9. The predicted molar refractivity (Wildman–Crippen MR) is 191 cm³/mol. The lowest BCUT2D eigenvalue weighted by molar-refractivity contribution is -0.136. The molecule has 3 N–H and O–H groups in total. The first-order chi connectivity index (χ1) is 25.6. The number of anilines is 1. The van der Waals surface area contributed by atoms with Crippen LogP contribution in [-0.2, 0) is 22.6 Å². The van der Waals surface area contributed by atoms with Gasteiger partial charge in [-0.05, 0) is 60.9 Å². The summed E-state index contributed by atoms with van der Waals surface area (Å²) in [4.78, 5) is 92.6. The summed E-state index contributed by atoms with van der Waals surface area (Å²) in [5, 5.41) is 5.20. The number of H-pyrrole nitrogens is 1. The summed E-state index contributed by atoms with van der Waals surface area (Å²) in [7, 11) is 0. The molecule has 3 aliphatic heterocycles. The van der Waals surface area contributed by atoms with Crippen LogP contribution in [-0.4, -0.2) is 98.7 Å². The second-order valence-corrected chi connectivity index (χ2v) is 14.0. The molecule has 8 rings (SSSR count). The highest BCUT2D eigenvalue weighted by Crippen LogP contribution is 2.33. The fourth-order valence-electron chi connectivity index (χ4n) is 7.40. The van der Waals surface area contributed by atoms with E-state index >= 15 is 0 Å². The zero-order valence-electron chi connectivity index (χ0n) is 29.1. The SMILES string of the molecule is CCc1cc2ncc(CN3CCN(c4ccc(C(=O)NC5CC(Oc6ccc7c(c6)C(=O)N(C6CCC(=O)NC6=O)C7=O)C5)nc4)CC3)cc2[nH]c1=O. The quantitative estimate of drug-likeness (QED) is 0.215. The van der Waals surface area contributed by atoms with Crippen LogP contribution in [0.3, 0.4) is 0 Å². The Morgan fingerprint density at radius 3 is 2.45 bits per heavy atom. The van der Waals surface area contributed by atoms with E-state index in [0.29, 0.717) is 30.7 Å². The fourth-order valence-corrected chi connectivity index (χ4v) is 7.40. The van der Waals surface area contributed by atoms with Crippen molar-refractivity contribution in [2.45, 2.75) is 63.8 Å². The van der Waals surface area contributed by atoms with Crippen molar-refractivity contribution in [1.29, 1.82) is 0 Å². The number of aromatic amines is 1. The summed E-state index contributed by atoms with van der Waals surface area (Å²) in [5.41, 5.74) is 4.87. The van der Waals surface area contributed by atoms with Crippen LogP contribution < -0.4 is 25.8 Å². The topological polar surface area (TPSA) is 187 Å². The molecule has 3 fully saturated rings. The number of nitrogens with one attached hydrogen (secondary N) is 3. The van der Waals surface area contributed by atoms with Gasteiger partial charge < -0.3 is 19.9 Å². The van der Waals surface area contributed by atoms with Crippen LogP contribution in [0, 0.1) is 0 Å². The van der Waals surface area contributed by atoms with Gasteiger partial charge in [0.1, 0.15) is 23.6 Å². The molecule has 0 radical (unpaired) electrons. The number of aryl methyl sites for hydroxylation is 1. The van der Waals surface area contributed by atoms with Crippen molar-refractivity contribution in [2.24, 2.45) is 0 Å². The van der Waals surface area contributed by atoms with Crippen LogP contribution in [0.5, 0.6) is 5.75 Å². The number of imide groups is 2. The van der Waals surface area contributed by atoms with Gasteiger partial charge in [0.25, 0.3) is 23.3 Å². The Labute approximate surface area is 303 Å². The largest absolute Gasteiger partial charge is 0.490 e. The highest BCUT2D eigenvalue weighted by molar-refractivity contribution is 6.23. The van der Waals surface area contributed by atoms with Gasteiger partial charge in [-0.3, -0.25) is 48.9 Å². The van der Waals surface area contributed by atoms with Gasteiger partial charge in [-0.15, -0.1) is 0 Å². The maximum absolute atomic E-state index is 13.1. The van der Waals surface area contributed by atoms with E-state index in [9.17, 15) is 28.8 Å². The van der Waals surface area contributed by atoms with Crippen molar-refractivity contribution >= 4 is 46.3 Å². The molecular weight excluding hydrogens is 680 g/mol. The fraction of sp³-hybridized carbons (Fsp3) is 0.368. The minimum atomic E-state index is -1.03. The average molecular weight is 719 g/mol. The molecule has 1 aliphatic carbocycles. The van der Waals surface area contributed by atoms with E-state index in [1.807, 2.05) is 31.3 Å². The molecule has 4 aliphatic rings. The third-order valence-electron chi connectivity index (χ3n) is 10.5. The monoisotopic (exact) mass is 718 g/mol. The molecule has 272 valence electrons. The van der Waals surface area contributed by atoms with Crippen LogP contribution in [0.25, 0.3) is 11.0 Å². The van der Waals surface area contributed by atoms with E-state index in [-0.39, 0.29) is 47.6 Å². The Morgan fingerprint density at radius 1 is 0.925 bits per heavy atom. The van der Waals surface area contributed by atoms with E-state index in [2.05, 4.69) is 35.4 Å². The Hall–Kier alpha value is -5.96. The molecular formula is C38H38N8O7. The maximum Gasteiger partial charge on any atom is 0.270 e. The summed E-state index contributed by atoms with van der Waals surface area (Å²) >= 11 is 0. The Balaban J connectivity index is 0.791. The third-order valence-corrected chi connectivity index (χ3v) is 10.5. The lowest BCUT2D eigenvalue weighted by Crippen LogP contribution is -2.54. The summed E-state index contributed by atoms with van der Waals surface area (Å²) in [6.45, 7) is 5.99. The third kappa shape index (κ3) is 6.75. The first-order valence-corrected chi connectivity index (χ1v) is 17.9. The molecule has 4 aromatic rings. The van der Waals surface area contributed by atoms with Gasteiger partial charge >= 0.3 is 0 Å². The zero-order chi connectivity index (χ0) is 36.8. The molecule has 3 aromatic heterocycles. The number of aromatic nitrogens is 3. The number of ether oxygens (including phenoxy) is 1. The van der Waals surface area contributed by atoms with Crippen molar-refractivity contribution in [1.82, 2.24) is 35.4 Å². The Morgan fingerprint density at radius 2 is 1.72 bits per heavy atom. The number of piperazine rings is 1. The number of rotatable bonds is 9. The van der Waals surface area contributed by atoms with Crippen molar-refractivity contribution in [3.63, 3.8) is 0 Å². The molecule has 1 unspecified atom stereocenters. The molecule has 53 heavy (non-hydrogen) atoms. The van der Waals surface area contributed by atoms with Crippen molar-refractivity contribution < 1.29 is 28.7 Å². The van der Waals surface area contributed by atoms with Crippen LogP contribution in [0.15, 0.2) is 59.7 Å². The summed E-state index contributed by atoms with van der Waals surface area (Å²) < 4.78 is 6.05. The highest BCUT2D eigenvalue weighted by atomic mass is 16.5. The van der Waals surface area contributed by atoms with Gasteiger partial charge in [0, 0.05) is 69.8 Å². The van der Waals surface area contributed by atoms with Crippen molar-refractivity contribution in [3.05, 3.63) is 93.2 Å². The first kappa shape index (κ1) is 34.1. The minimum absolute atomic E-state index is 0.0519. The number of benzene rings is 1. The second-order valence-electron chi connectivity index (χ2n) is 14.0. The number of amides is 5. The number of hydrogen-bond donors (Lipinski definition) is 3. The maximum atomic E-state index is 13.1. The molecule has 0 spiro atoms. The minimum Gasteiger partial charge on any atom is -0.490 e. The van der Waals surface area contributed by atoms with Crippen LogP contribution in [0.2, 0.25) is 0 Å². The van der Waals surface area contributed by atoms with Gasteiger partial charge in [0.15, 0.2) is 0 Å². The lowest BCUT2D eigenvalue weighted by atomic mass is 9.89. The number of fused-ring (bicyclic) bond motifs is 2. The number of nitrogens with zero attached hydrogens (tertiary/aromatic N) is 5. The van der Waals surface area contributed by atoms with E-state index in [4.69, 9.17) is 4.74 Å². The van der Waals surface area contributed by atoms with Gasteiger partial charge in [-0.25, -0.2) is 4.98 Å². The standard InChI is InChI=1S/C38H38N8O7/c1-2-22-14-30-31(42-34(22)48)13-21(18-39-30)20-44-9-11-45(12-10-44)24-3-6-29(40-19-24)35(49)41-23-15-26(16-23)53-25-4-5-27-28(17-25)38(52)46(37(27)51)32-7-8-33(47)43-36(32)50/h3-6,13-14,17-19,23,26,32H,2,7-12,15-16,20H2,1H3,(H,41,49)(H,42,48)(H,43,47,50). The van der Waals surface area contributed by atoms with Gasteiger partial charge in [-0.1, -0.05) is 6.92 Å². The zero-order valence-corrected chi connectivity index (χ0v) is 29.1. The number of pyridine rings is 3. The molecule has 6 heterocycles. The molecule has 15 nitrogen and oxygen atoms in total. The number of carbonyl (C=O) groups is 5. The molecule has 1 saturated carbocycles. The summed E-state index contributed by atoms with van der Waals surface area (Å²) in [5.74, 6) is -2.10. The highest BCUT2D eigenvalue weighted by Gasteiger charge is 2.45. The van der Waals surface area contributed by atoms with Gasteiger partial charge in [-0.2, -0.15) is 0 Å². The lowest BCUT2D eigenvalue weighted by Gasteiger charge is -2.36. The molecule has 0 bridgehead atoms. The number of carbonyl (C=O) groups excluding carboxylic acids is 5. The number of piperidine rings is 1. The van der Waals surface area contributed by atoms with Gasteiger partial charge in [0.05, 0.1) is 34.0 Å². The van der Waals surface area contributed by atoms with E-state index in [1.54, 1.807) is 18.3 Å². The average Bonchev–Trinajstić information content (AvgIpc) is 3.38. The van der Waals surface area contributed by atoms with E-state index in [1.165, 1.54) is 12.1 Å². The predicted octanol–water partition coefficient (Wildman–Crippen LogP) is 1.94. The van der Waals surface area contributed by atoms with Crippen LogP contribution >= 0.6 is 0 Å². The van der Waals surface area contributed by atoms with E-state index < -0.39 is 29.7 Å². The first-order valence-electron chi connectivity index (χ1n) is 17.9. The molecule has 1 aromatic carbocycles. The molecule has 1 atom stereocenters. The number of hydrogen-bond acceptors (Lipinski definition) is 11. The summed E-state index contributed by atoms with van der Waals surface area (Å²) in [6.07, 6.45) is 5.34. The van der Waals surface area contributed by atoms with Crippen molar-refractivity contribution in [3.8, 4) is 5.75 Å². The normalized spacial score (nSPS) is 21.7. The molecule has 2 saturated heterocycles. The Bertz CT molecular complexity index is 2210. The molecule has 15 heteroatoms. The van der Waals surface area contributed by atoms with Crippen molar-refractivity contribution in [2.75, 3.05) is 31.1 Å². The Kier molecular flexibility index (Phi) is 8.94. The summed E-state index contributed by atoms with van der Waals surface area (Å²) in [6, 6.07) is 11.0. The van der Waals surface area contributed by atoms with E-state index in [0.717, 1.165) is 65.5 Å². The smallest absolute Gasteiger partial charge is 0.270 e. The van der Waals surface area contributed by atoms with Gasteiger partial charge in [0.2, 0.25) is 11.8 Å². The van der Waals surface area contributed by atoms with Crippen LogP contribution in [0.4, 0.5) is 5.69 Å².